The Kier molecular flexibility index (Phi) is 5.94. The molecule has 0 bridgehead atoms. The molecule has 1 amide bonds. The Morgan fingerprint density at radius 1 is 1.20 bits per heavy atom. The van der Waals surface area contributed by atoms with Crippen LogP contribution in [0.15, 0.2) is 0 Å². The normalized spacial score (nSPS) is 29.2. The van der Waals surface area contributed by atoms with Gasteiger partial charge in [0.2, 0.25) is 0 Å². The number of carbonyl (C=O) groups is 1. The van der Waals surface area contributed by atoms with Gasteiger partial charge in [0.1, 0.15) is 5.60 Å². The molecule has 0 aromatic heterocycles. The Balaban J connectivity index is 1.39. The standard InChI is InChI=1S/C20H37N3O2/c1-15(21-13-16-9-11-22(14-16)17-7-8-17)12-18-6-5-10-23(18)19(24)25-20(2,3)4/h15-18,21H,5-14H2,1-4H3. The minimum absolute atomic E-state index is 0.141. The van der Waals surface area contributed by atoms with Crippen molar-refractivity contribution in [3.63, 3.8) is 0 Å². The Bertz CT molecular complexity index is 458. The Hall–Kier alpha value is -0.810. The lowest BCUT2D eigenvalue weighted by Gasteiger charge is -2.30. The maximum absolute atomic E-state index is 12.4. The summed E-state index contributed by atoms with van der Waals surface area (Å²) in [6.45, 7) is 12.6. The summed E-state index contributed by atoms with van der Waals surface area (Å²) in [6.07, 6.45) is 7.25. The number of carbonyl (C=O) groups excluding carboxylic acids is 1. The monoisotopic (exact) mass is 351 g/mol. The van der Waals surface area contributed by atoms with Crippen LogP contribution in [0.2, 0.25) is 0 Å². The highest BCUT2D eigenvalue weighted by Crippen LogP contribution is 2.31. The van der Waals surface area contributed by atoms with Crippen molar-refractivity contribution in [2.75, 3.05) is 26.2 Å². The van der Waals surface area contributed by atoms with Crippen molar-refractivity contribution in [1.29, 1.82) is 0 Å². The predicted octanol–water partition coefficient (Wildman–Crippen LogP) is 3.24. The van der Waals surface area contributed by atoms with E-state index in [-0.39, 0.29) is 6.09 Å². The predicted molar refractivity (Wildman–Crippen MR) is 101 cm³/mol. The first-order chi connectivity index (χ1) is 11.8. The molecule has 3 aliphatic rings. The molecular weight excluding hydrogens is 314 g/mol. The highest BCUT2D eigenvalue weighted by atomic mass is 16.6. The summed E-state index contributed by atoms with van der Waals surface area (Å²) in [4.78, 5) is 17.0. The van der Waals surface area contributed by atoms with Crippen LogP contribution in [0.4, 0.5) is 4.79 Å². The molecule has 144 valence electrons. The zero-order chi connectivity index (χ0) is 18.0. The Labute approximate surface area is 153 Å². The number of likely N-dealkylation sites (tertiary alicyclic amines) is 2. The van der Waals surface area contributed by atoms with Gasteiger partial charge in [0.15, 0.2) is 0 Å². The van der Waals surface area contributed by atoms with Crippen LogP contribution in [0.5, 0.6) is 0 Å². The number of nitrogens with zero attached hydrogens (tertiary/aromatic N) is 2. The molecule has 1 aliphatic carbocycles. The number of amides is 1. The molecule has 0 spiro atoms. The van der Waals surface area contributed by atoms with Gasteiger partial charge in [0.25, 0.3) is 0 Å². The van der Waals surface area contributed by atoms with Crippen molar-refractivity contribution in [2.45, 2.75) is 89.9 Å². The van der Waals surface area contributed by atoms with Crippen LogP contribution in [-0.4, -0.2) is 65.8 Å². The summed E-state index contributed by atoms with van der Waals surface area (Å²) in [7, 11) is 0. The molecule has 2 aliphatic heterocycles. The third-order valence-electron chi connectivity index (χ3n) is 5.77. The molecule has 5 heteroatoms. The van der Waals surface area contributed by atoms with Crippen LogP contribution in [0, 0.1) is 5.92 Å². The molecular formula is C20H37N3O2. The molecule has 0 radical (unpaired) electrons. The van der Waals surface area contributed by atoms with E-state index in [0.717, 1.165) is 44.3 Å². The summed E-state index contributed by atoms with van der Waals surface area (Å²) in [5, 5.41) is 3.73. The molecule has 2 saturated heterocycles. The first-order valence-corrected chi connectivity index (χ1v) is 10.3. The minimum Gasteiger partial charge on any atom is -0.444 e. The second-order valence-corrected chi connectivity index (χ2v) is 9.40. The number of hydrogen-bond acceptors (Lipinski definition) is 4. The van der Waals surface area contributed by atoms with Gasteiger partial charge in [-0.25, -0.2) is 4.79 Å². The molecule has 3 atom stereocenters. The van der Waals surface area contributed by atoms with Crippen LogP contribution in [0.1, 0.15) is 66.2 Å². The highest BCUT2D eigenvalue weighted by Gasteiger charge is 2.35. The fourth-order valence-electron chi connectivity index (χ4n) is 4.30. The quantitative estimate of drug-likeness (QED) is 0.798. The summed E-state index contributed by atoms with van der Waals surface area (Å²) in [6, 6.07) is 1.68. The van der Waals surface area contributed by atoms with Crippen molar-refractivity contribution >= 4 is 6.09 Å². The lowest BCUT2D eigenvalue weighted by atomic mass is 10.0. The van der Waals surface area contributed by atoms with E-state index in [1.165, 1.54) is 32.4 Å². The average molecular weight is 352 g/mol. The molecule has 2 heterocycles. The van der Waals surface area contributed by atoms with Gasteiger partial charge < -0.3 is 19.9 Å². The van der Waals surface area contributed by atoms with Gasteiger partial charge in [0, 0.05) is 31.2 Å². The number of nitrogens with one attached hydrogen (secondary N) is 1. The van der Waals surface area contributed by atoms with E-state index in [4.69, 9.17) is 4.74 Å². The molecule has 1 N–H and O–H groups in total. The van der Waals surface area contributed by atoms with E-state index in [9.17, 15) is 4.79 Å². The van der Waals surface area contributed by atoms with Crippen LogP contribution in [0.3, 0.4) is 0 Å². The third-order valence-corrected chi connectivity index (χ3v) is 5.77. The smallest absolute Gasteiger partial charge is 0.410 e. The van der Waals surface area contributed by atoms with E-state index < -0.39 is 5.60 Å². The molecule has 3 fully saturated rings. The van der Waals surface area contributed by atoms with Crippen molar-refractivity contribution < 1.29 is 9.53 Å². The topological polar surface area (TPSA) is 44.8 Å². The van der Waals surface area contributed by atoms with Crippen molar-refractivity contribution in [1.82, 2.24) is 15.1 Å². The molecule has 0 aromatic carbocycles. The van der Waals surface area contributed by atoms with Crippen LogP contribution < -0.4 is 5.32 Å². The largest absolute Gasteiger partial charge is 0.444 e. The van der Waals surface area contributed by atoms with E-state index in [1.54, 1.807) is 0 Å². The summed E-state index contributed by atoms with van der Waals surface area (Å²) in [5.41, 5.74) is -0.413. The fourth-order valence-corrected chi connectivity index (χ4v) is 4.30. The molecule has 25 heavy (non-hydrogen) atoms. The van der Waals surface area contributed by atoms with Gasteiger partial charge in [-0.2, -0.15) is 0 Å². The van der Waals surface area contributed by atoms with Gasteiger partial charge in [0.05, 0.1) is 0 Å². The van der Waals surface area contributed by atoms with Gasteiger partial charge in [-0.3, -0.25) is 0 Å². The molecule has 5 nitrogen and oxygen atoms in total. The van der Waals surface area contributed by atoms with Crippen LogP contribution >= 0.6 is 0 Å². The zero-order valence-corrected chi connectivity index (χ0v) is 16.6. The minimum atomic E-state index is -0.413. The number of rotatable bonds is 6. The maximum Gasteiger partial charge on any atom is 0.410 e. The molecule has 1 saturated carbocycles. The van der Waals surface area contributed by atoms with E-state index in [2.05, 4.69) is 17.1 Å². The Morgan fingerprint density at radius 3 is 2.64 bits per heavy atom. The maximum atomic E-state index is 12.4. The number of ether oxygens (including phenoxy) is 1. The number of hydrogen-bond donors (Lipinski definition) is 1. The average Bonchev–Trinajstić information content (AvgIpc) is 3.07. The van der Waals surface area contributed by atoms with Crippen molar-refractivity contribution in [3.05, 3.63) is 0 Å². The van der Waals surface area contributed by atoms with Gasteiger partial charge in [-0.15, -0.1) is 0 Å². The lowest BCUT2D eigenvalue weighted by molar-refractivity contribution is 0.0214. The van der Waals surface area contributed by atoms with Crippen molar-refractivity contribution in [2.24, 2.45) is 5.92 Å². The van der Waals surface area contributed by atoms with Crippen LogP contribution in [-0.2, 0) is 4.74 Å². The fraction of sp³-hybridized carbons (Fsp3) is 0.950. The summed E-state index contributed by atoms with van der Waals surface area (Å²) < 4.78 is 5.58. The summed E-state index contributed by atoms with van der Waals surface area (Å²) in [5.74, 6) is 0.800. The molecule has 0 aromatic rings. The zero-order valence-electron chi connectivity index (χ0n) is 16.6. The van der Waals surface area contributed by atoms with Gasteiger partial charge in [-0.1, -0.05) is 0 Å². The first kappa shape index (κ1) is 19.0. The Morgan fingerprint density at radius 2 is 1.96 bits per heavy atom. The lowest BCUT2D eigenvalue weighted by Crippen LogP contribution is -2.43. The first-order valence-electron chi connectivity index (χ1n) is 10.3. The van der Waals surface area contributed by atoms with E-state index in [1.807, 2.05) is 25.7 Å². The van der Waals surface area contributed by atoms with Crippen LogP contribution in [0.25, 0.3) is 0 Å². The molecule has 3 unspecified atom stereocenters. The van der Waals surface area contributed by atoms with Crippen molar-refractivity contribution in [3.8, 4) is 0 Å². The van der Waals surface area contributed by atoms with Gasteiger partial charge in [-0.05, 0) is 85.2 Å². The highest BCUT2D eigenvalue weighted by molar-refractivity contribution is 5.68. The molecule has 3 rings (SSSR count). The second-order valence-electron chi connectivity index (χ2n) is 9.40. The summed E-state index contributed by atoms with van der Waals surface area (Å²) >= 11 is 0. The van der Waals surface area contributed by atoms with E-state index in [0.29, 0.717) is 12.1 Å². The SMILES string of the molecule is CC(CC1CCCN1C(=O)OC(C)(C)C)NCC1CCN(C2CC2)C1. The van der Waals surface area contributed by atoms with Gasteiger partial charge >= 0.3 is 6.09 Å². The second kappa shape index (κ2) is 7.83. The van der Waals surface area contributed by atoms with E-state index >= 15 is 0 Å². The third kappa shape index (κ3) is 5.58.